The molecular formula is C18H13ClN4O3. The van der Waals surface area contributed by atoms with E-state index in [-0.39, 0.29) is 18.6 Å². The Kier molecular flexibility index (Phi) is 4.14. The first-order valence-corrected chi connectivity index (χ1v) is 8.23. The van der Waals surface area contributed by atoms with Gasteiger partial charge in [-0.05, 0) is 18.2 Å². The maximum atomic E-state index is 12.2. The van der Waals surface area contributed by atoms with Crippen LogP contribution in [0.25, 0.3) is 16.4 Å². The summed E-state index contributed by atoms with van der Waals surface area (Å²) in [5.41, 5.74) is 1.50. The molecule has 130 valence electrons. The molecule has 0 aliphatic heterocycles. The van der Waals surface area contributed by atoms with Crippen LogP contribution in [-0.2, 0) is 22.6 Å². The number of hydrogen-bond acceptors (Lipinski definition) is 5. The number of imidazole rings is 1. The first-order chi connectivity index (χ1) is 12.6. The van der Waals surface area contributed by atoms with E-state index in [1.54, 1.807) is 53.2 Å². The first kappa shape index (κ1) is 16.3. The number of nitrogens with zero attached hydrogens (tertiary/aromatic N) is 3. The lowest BCUT2D eigenvalue weighted by molar-refractivity contribution is -0.144. The quantitative estimate of drug-likeness (QED) is 0.559. The first-order valence-electron chi connectivity index (χ1n) is 7.85. The number of pyridine rings is 1. The molecule has 1 N–H and O–H groups in total. The van der Waals surface area contributed by atoms with Crippen LogP contribution >= 0.6 is 11.6 Å². The third kappa shape index (κ3) is 3.16. The third-order valence-corrected chi connectivity index (χ3v) is 4.16. The van der Waals surface area contributed by atoms with Crippen molar-refractivity contribution in [2.45, 2.75) is 13.0 Å². The van der Waals surface area contributed by atoms with Crippen molar-refractivity contribution in [1.82, 2.24) is 19.6 Å². The highest BCUT2D eigenvalue weighted by Gasteiger charge is 2.12. The molecule has 0 amide bonds. The SMILES string of the molecule is O=C(Cc1n[nH]c(=O)c2ccccc12)OCc1cn2cc(Cl)ccc2n1. The van der Waals surface area contributed by atoms with Gasteiger partial charge in [-0.1, -0.05) is 29.8 Å². The van der Waals surface area contributed by atoms with Crippen LogP contribution in [0.3, 0.4) is 0 Å². The number of halogens is 1. The van der Waals surface area contributed by atoms with Crippen LogP contribution in [0, 0.1) is 0 Å². The summed E-state index contributed by atoms with van der Waals surface area (Å²) in [7, 11) is 0. The number of rotatable bonds is 4. The highest BCUT2D eigenvalue weighted by atomic mass is 35.5. The molecule has 26 heavy (non-hydrogen) atoms. The van der Waals surface area contributed by atoms with Crippen molar-refractivity contribution in [3.63, 3.8) is 0 Å². The Morgan fingerprint density at radius 2 is 1.96 bits per heavy atom. The van der Waals surface area contributed by atoms with Gasteiger partial charge in [0.15, 0.2) is 0 Å². The number of esters is 1. The van der Waals surface area contributed by atoms with Crippen molar-refractivity contribution in [2.75, 3.05) is 0 Å². The Morgan fingerprint density at radius 1 is 1.15 bits per heavy atom. The molecule has 4 rings (SSSR count). The molecule has 8 heteroatoms. The second kappa shape index (κ2) is 6.61. The molecule has 0 bridgehead atoms. The van der Waals surface area contributed by atoms with Crippen LogP contribution in [0.2, 0.25) is 5.02 Å². The highest BCUT2D eigenvalue weighted by molar-refractivity contribution is 6.30. The van der Waals surface area contributed by atoms with Gasteiger partial charge in [-0.2, -0.15) is 5.10 Å². The highest BCUT2D eigenvalue weighted by Crippen LogP contribution is 2.15. The second-order valence-electron chi connectivity index (χ2n) is 5.73. The van der Waals surface area contributed by atoms with E-state index in [0.29, 0.717) is 32.8 Å². The van der Waals surface area contributed by atoms with E-state index >= 15 is 0 Å². The lowest BCUT2D eigenvalue weighted by Crippen LogP contribution is -2.15. The zero-order valence-corrected chi connectivity index (χ0v) is 14.2. The van der Waals surface area contributed by atoms with E-state index in [1.807, 2.05) is 0 Å². The molecule has 0 radical (unpaired) electrons. The summed E-state index contributed by atoms with van der Waals surface area (Å²) in [5.74, 6) is -0.454. The lowest BCUT2D eigenvalue weighted by atomic mass is 10.1. The van der Waals surface area contributed by atoms with Gasteiger partial charge in [-0.3, -0.25) is 9.59 Å². The number of hydrogen-bond donors (Lipinski definition) is 1. The van der Waals surface area contributed by atoms with Crippen LogP contribution in [0.5, 0.6) is 0 Å². The summed E-state index contributed by atoms with van der Waals surface area (Å²) in [6, 6.07) is 10.5. The summed E-state index contributed by atoms with van der Waals surface area (Å²) in [6.07, 6.45) is 3.43. The second-order valence-corrected chi connectivity index (χ2v) is 6.16. The summed E-state index contributed by atoms with van der Waals surface area (Å²) < 4.78 is 7.06. The van der Waals surface area contributed by atoms with Crippen molar-refractivity contribution in [3.05, 3.63) is 75.6 Å². The molecular weight excluding hydrogens is 356 g/mol. The van der Waals surface area contributed by atoms with Crippen LogP contribution in [0.1, 0.15) is 11.4 Å². The predicted octanol–water partition coefficient (Wildman–Crippen LogP) is 2.51. The zero-order valence-electron chi connectivity index (χ0n) is 13.5. The Morgan fingerprint density at radius 3 is 2.81 bits per heavy atom. The van der Waals surface area contributed by atoms with Gasteiger partial charge in [0.2, 0.25) is 0 Å². The largest absolute Gasteiger partial charge is 0.459 e. The third-order valence-electron chi connectivity index (χ3n) is 3.93. The van der Waals surface area contributed by atoms with Gasteiger partial charge in [-0.15, -0.1) is 0 Å². The summed E-state index contributed by atoms with van der Waals surface area (Å²) in [5, 5.41) is 8.09. The summed E-state index contributed by atoms with van der Waals surface area (Å²) >= 11 is 5.94. The summed E-state index contributed by atoms with van der Waals surface area (Å²) in [6.45, 7) is 0.0411. The number of carbonyl (C=O) groups is 1. The van der Waals surface area contributed by atoms with Crippen molar-refractivity contribution in [2.24, 2.45) is 0 Å². The number of fused-ring (bicyclic) bond motifs is 2. The number of benzene rings is 1. The average molecular weight is 369 g/mol. The molecule has 0 atom stereocenters. The van der Waals surface area contributed by atoms with Crippen LogP contribution in [-0.4, -0.2) is 25.6 Å². The zero-order chi connectivity index (χ0) is 18.1. The Bertz CT molecular complexity index is 1180. The lowest BCUT2D eigenvalue weighted by Gasteiger charge is -2.05. The average Bonchev–Trinajstić information content (AvgIpc) is 3.04. The fourth-order valence-corrected chi connectivity index (χ4v) is 2.90. The van der Waals surface area contributed by atoms with Crippen molar-refractivity contribution in [1.29, 1.82) is 0 Å². The molecule has 3 heterocycles. The van der Waals surface area contributed by atoms with Crippen LogP contribution in [0.15, 0.2) is 53.6 Å². The maximum Gasteiger partial charge on any atom is 0.312 e. The Labute approximate surface area is 152 Å². The standard InChI is InChI=1S/C18H13ClN4O3/c19-11-5-6-16-20-12(9-23(16)8-11)10-26-17(24)7-15-13-3-1-2-4-14(13)18(25)22-21-15/h1-6,8-9H,7,10H2,(H,22,25). The molecule has 3 aromatic heterocycles. The van der Waals surface area contributed by atoms with Crippen LogP contribution < -0.4 is 5.56 Å². The Balaban J connectivity index is 1.49. The molecule has 7 nitrogen and oxygen atoms in total. The maximum absolute atomic E-state index is 12.2. The smallest absolute Gasteiger partial charge is 0.312 e. The van der Waals surface area contributed by atoms with Crippen molar-refractivity contribution in [3.8, 4) is 0 Å². The molecule has 0 spiro atoms. The topological polar surface area (TPSA) is 89.3 Å². The van der Waals surface area contributed by atoms with Gasteiger partial charge < -0.3 is 9.14 Å². The summed E-state index contributed by atoms with van der Waals surface area (Å²) in [4.78, 5) is 28.3. The van der Waals surface area contributed by atoms with Crippen molar-refractivity contribution >= 4 is 34.0 Å². The van der Waals surface area contributed by atoms with E-state index in [1.165, 1.54) is 0 Å². The molecule has 0 saturated carbocycles. The Hall–Kier alpha value is -3.19. The van der Waals surface area contributed by atoms with E-state index in [0.717, 1.165) is 0 Å². The number of carbonyl (C=O) groups excluding carboxylic acids is 1. The van der Waals surface area contributed by atoms with Gasteiger partial charge in [-0.25, -0.2) is 10.1 Å². The van der Waals surface area contributed by atoms with Gasteiger partial charge in [0.05, 0.1) is 28.2 Å². The molecule has 0 fully saturated rings. The number of aromatic nitrogens is 4. The predicted molar refractivity (Wildman–Crippen MR) is 96.1 cm³/mol. The van der Waals surface area contributed by atoms with E-state index in [9.17, 15) is 9.59 Å². The number of aromatic amines is 1. The van der Waals surface area contributed by atoms with Gasteiger partial charge in [0.1, 0.15) is 12.3 Å². The number of nitrogens with one attached hydrogen (secondary N) is 1. The molecule has 0 saturated heterocycles. The van der Waals surface area contributed by atoms with E-state index in [4.69, 9.17) is 16.3 Å². The van der Waals surface area contributed by atoms with Gasteiger partial charge in [0.25, 0.3) is 5.56 Å². The molecule has 1 aromatic carbocycles. The van der Waals surface area contributed by atoms with E-state index in [2.05, 4.69) is 15.2 Å². The van der Waals surface area contributed by atoms with Crippen molar-refractivity contribution < 1.29 is 9.53 Å². The molecule has 0 aliphatic carbocycles. The van der Waals surface area contributed by atoms with Gasteiger partial charge in [0, 0.05) is 17.8 Å². The van der Waals surface area contributed by atoms with Gasteiger partial charge >= 0.3 is 5.97 Å². The fourth-order valence-electron chi connectivity index (χ4n) is 2.74. The normalized spacial score (nSPS) is 11.1. The minimum atomic E-state index is -0.454. The molecule has 0 aliphatic rings. The fraction of sp³-hybridized carbons (Fsp3) is 0.111. The minimum absolute atomic E-state index is 0.0411. The van der Waals surface area contributed by atoms with E-state index < -0.39 is 5.97 Å². The minimum Gasteiger partial charge on any atom is -0.459 e. The monoisotopic (exact) mass is 368 g/mol. The van der Waals surface area contributed by atoms with Crippen LogP contribution in [0.4, 0.5) is 0 Å². The number of ether oxygens (including phenoxy) is 1. The number of H-pyrrole nitrogens is 1. The molecule has 0 unspecified atom stereocenters. The molecule has 4 aromatic rings.